The summed E-state index contributed by atoms with van der Waals surface area (Å²) < 4.78 is 0. The fourth-order valence-corrected chi connectivity index (χ4v) is 3.18. The molecule has 0 aliphatic heterocycles. The lowest BCUT2D eigenvalue weighted by Gasteiger charge is -2.12. The van der Waals surface area contributed by atoms with Crippen molar-refractivity contribution in [1.82, 2.24) is 5.32 Å². The average molecular weight is 285 g/mol. The lowest BCUT2D eigenvalue weighted by molar-refractivity contribution is -0.117. The molecule has 0 bridgehead atoms. The van der Waals surface area contributed by atoms with E-state index in [0.717, 1.165) is 29.5 Å². The van der Waals surface area contributed by atoms with Crippen LogP contribution in [0.2, 0.25) is 0 Å². The molecule has 3 rings (SSSR count). The first-order valence-electron chi connectivity index (χ1n) is 6.55. The van der Waals surface area contributed by atoms with Crippen LogP contribution >= 0.6 is 11.3 Å². The van der Waals surface area contributed by atoms with Crippen LogP contribution in [-0.4, -0.2) is 11.0 Å². The molecule has 1 aliphatic rings. The van der Waals surface area contributed by atoms with Gasteiger partial charge in [-0.1, -0.05) is 12.1 Å². The summed E-state index contributed by atoms with van der Waals surface area (Å²) in [6.45, 7) is 0. The quantitative estimate of drug-likeness (QED) is 0.850. The molecular weight excluding hydrogens is 270 g/mol. The maximum Gasteiger partial charge on any atom is 0.244 e. The Morgan fingerprint density at radius 1 is 1.40 bits per heavy atom. The Balaban J connectivity index is 1.68. The maximum atomic E-state index is 11.9. The molecule has 1 aromatic heterocycles. The van der Waals surface area contributed by atoms with Gasteiger partial charge in [-0.15, -0.1) is 0 Å². The summed E-state index contributed by atoms with van der Waals surface area (Å²) in [4.78, 5) is 11.9. The Morgan fingerprint density at radius 3 is 3.10 bits per heavy atom. The predicted octanol–water partition coefficient (Wildman–Crippen LogP) is 3.27. The van der Waals surface area contributed by atoms with Crippen LogP contribution in [-0.2, 0) is 11.2 Å². The number of phenols is 1. The molecule has 2 N–H and O–H groups in total. The Labute approximate surface area is 121 Å². The molecule has 4 heteroatoms. The summed E-state index contributed by atoms with van der Waals surface area (Å²) in [7, 11) is 0. The van der Waals surface area contributed by atoms with Crippen molar-refractivity contribution >= 4 is 23.3 Å². The molecule has 0 spiro atoms. The van der Waals surface area contributed by atoms with Crippen molar-refractivity contribution in [3.63, 3.8) is 0 Å². The Morgan fingerprint density at radius 2 is 2.30 bits per heavy atom. The van der Waals surface area contributed by atoms with Gasteiger partial charge in [0.1, 0.15) is 5.75 Å². The van der Waals surface area contributed by atoms with Crippen molar-refractivity contribution in [1.29, 1.82) is 0 Å². The third-order valence-electron chi connectivity index (χ3n) is 3.53. The van der Waals surface area contributed by atoms with Crippen LogP contribution in [0.1, 0.15) is 29.2 Å². The second kappa shape index (κ2) is 5.51. The molecule has 1 atom stereocenters. The average Bonchev–Trinajstić information content (AvgIpc) is 3.07. The van der Waals surface area contributed by atoms with Gasteiger partial charge >= 0.3 is 0 Å². The van der Waals surface area contributed by atoms with E-state index in [1.54, 1.807) is 23.5 Å². The van der Waals surface area contributed by atoms with Crippen molar-refractivity contribution in [2.24, 2.45) is 0 Å². The lowest BCUT2D eigenvalue weighted by Crippen LogP contribution is -2.25. The van der Waals surface area contributed by atoms with E-state index in [1.165, 1.54) is 0 Å². The molecule has 1 aromatic carbocycles. The zero-order chi connectivity index (χ0) is 13.9. The van der Waals surface area contributed by atoms with Crippen LogP contribution in [0.4, 0.5) is 0 Å². The van der Waals surface area contributed by atoms with Gasteiger partial charge in [0.25, 0.3) is 0 Å². The predicted molar refractivity (Wildman–Crippen MR) is 80.7 cm³/mol. The van der Waals surface area contributed by atoms with Crippen molar-refractivity contribution in [2.45, 2.75) is 18.9 Å². The number of rotatable bonds is 3. The standard InChI is InChI=1S/C16H15NO2S/c18-15-3-1-2-12-13(15)5-6-14(12)17-16(19)7-4-11-8-9-20-10-11/h1-4,7-10,14,18H,5-6H2,(H,17,19)/b7-4+/t14-/m1/s1. The van der Waals surface area contributed by atoms with Gasteiger partial charge in [-0.2, -0.15) is 11.3 Å². The summed E-state index contributed by atoms with van der Waals surface area (Å²) in [6.07, 6.45) is 5.01. The van der Waals surface area contributed by atoms with Crippen LogP contribution in [0, 0.1) is 0 Å². The van der Waals surface area contributed by atoms with E-state index in [9.17, 15) is 9.90 Å². The molecule has 0 saturated heterocycles. The third-order valence-corrected chi connectivity index (χ3v) is 4.23. The summed E-state index contributed by atoms with van der Waals surface area (Å²) in [5, 5.41) is 16.7. The number of fused-ring (bicyclic) bond motifs is 1. The molecule has 2 aromatic rings. The number of aromatic hydroxyl groups is 1. The minimum Gasteiger partial charge on any atom is -0.508 e. The number of amides is 1. The number of carbonyl (C=O) groups excluding carboxylic acids is 1. The fourth-order valence-electron chi connectivity index (χ4n) is 2.55. The van der Waals surface area contributed by atoms with E-state index < -0.39 is 0 Å². The first-order valence-corrected chi connectivity index (χ1v) is 7.50. The van der Waals surface area contributed by atoms with Gasteiger partial charge in [-0.05, 0) is 58.5 Å². The Hall–Kier alpha value is -2.07. The van der Waals surface area contributed by atoms with Crippen LogP contribution in [0.25, 0.3) is 6.08 Å². The second-order valence-electron chi connectivity index (χ2n) is 4.83. The van der Waals surface area contributed by atoms with Crippen molar-refractivity contribution < 1.29 is 9.90 Å². The molecule has 0 unspecified atom stereocenters. The smallest absolute Gasteiger partial charge is 0.244 e. The number of nitrogens with one attached hydrogen (secondary N) is 1. The largest absolute Gasteiger partial charge is 0.508 e. The zero-order valence-corrected chi connectivity index (χ0v) is 11.7. The van der Waals surface area contributed by atoms with Crippen LogP contribution in [0.3, 0.4) is 0 Å². The van der Waals surface area contributed by atoms with Crippen LogP contribution in [0.15, 0.2) is 41.1 Å². The zero-order valence-electron chi connectivity index (χ0n) is 10.9. The third kappa shape index (κ3) is 2.60. The van der Waals surface area contributed by atoms with E-state index in [1.807, 2.05) is 35.0 Å². The normalized spacial score (nSPS) is 17.3. The summed E-state index contributed by atoms with van der Waals surface area (Å²) >= 11 is 1.61. The van der Waals surface area contributed by atoms with Gasteiger partial charge in [0.15, 0.2) is 0 Å². The molecule has 1 heterocycles. The molecule has 0 fully saturated rings. The van der Waals surface area contributed by atoms with E-state index in [-0.39, 0.29) is 11.9 Å². The molecule has 0 saturated carbocycles. The highest BCUT2D eigenvalue weighted by atomic mass is 32.1. The molecule has 1 aliphatic carbocycles. The highest BCUT2D eigenvalue weighted by Gasteiger charge is 2.25. The molecular formula is C16H15NO2S. The molecule has 3 nitrogen and oxygen atoms in total. The van der Waals surface area contributed by atoms with Gasteiger partial charge < -0.3 is 10.4 Å². The van der Waals surface area contributed by atoms with Crippen molar-refractivity contribution in [2.75, 3.05) is 0 Å². The number of phenolic OH excluding ortho intramolecular Hbond substituents is 1. The van der Waals surface area contributed by atoms with Gasteiger partial charge in [0.2, 0.25) is 5.91 Å². The van der Waals surface area contributed by atoms with Gasteiger partial charge in [-0.25, -0.2) is 0 Å². The van der Waals surface area contributed by atoms with Gasteiger partial charge in [-0.3, -0.25) is 4.79 Å². The second-order valence-corrected chi connectivity index (χ2v) is 5.61. The summed E-state index contributed by atoms with van der Waals surface area (Å²) in [5.41, 5.74) is 3.02. The maximum absolute atomic E-state index is 11.9. The highest BCUT2D eigenvalue weighted by Crippen LogP contribution is 2.36. The minimum absolute atomic E-state index is 0.00303. The van der Waals surface area contributed by atoms with Crippen LogP contribution < -0.4 is 5.32 Å². The Bertz CT molecular complexity index is 647. The number of benzene rings is 1. The van der Waals surface area contributed by atoms with Crippen LogP contribution in [0.5, 0.6) is 5.75 Å². The van der Waals surface area contributed by atoms with Crippen molar-refractivity contribution in [3.8, 4) is 5.75 Å². The topological polar surface area (TPSA) is 49.3 Å². The van der Waals surface area contributed by atoms with E-state index in [0.29, 0.717) is 5.75 Å². The van der Waals surface area contributed by atoms with Gasteiger partial charge in [0.05, 0.1) is 6.04 Å². The van der Waals surface area contributed by atoms with E-state index in [2.05, 4.69) is 5.32 Å². The Kier molecular flexibility index (Phi) is 3.56. The molecule has 0 radical (unpaired) electrons. The lowest BCUT2D eigenvalue weighted by atomic mass is 10.1. The molecule has 1 amide bonds. The molecule has 20 heavy (non-hydrogen) atoms. The van der Waals surface area contributed by atoms with Gasteiger partial charge in [0, 0.05) is 6.08 Å². The highest BCUT2D eigenvalue weighted by molar-refractivity contribution is 7.08. The number of thiophene rings is 1. The number of hydrogen-bond donors (Lipinski definition) is 2. The fraction of sp³-hybridized carbons (Fsp3) is 0.188. The monoisotopic (exact) mass is 285 g/mol. The van der Waals surface area contributed by atoms with E-state index in [4.69, 9.17) is 0 Å². The molecule has 102 valence electrons. The SMILES string of the molecule is O=C(/C=C/c1ccsc1)N[C@@H]1CCc2c(O)cccc21. The van der Waals surface area contributed by atoms with E-state index >= 15 is 0 Å². The summed E-state index contributed by atoms with van der Waals surface area (Å²) in [6, 6.07) is 7.45. The van der Waals surface area contributed by atoms with Crippen molar-refractivity contribution in [3.05, 3.63) is 57.8 Å². The first kappa shape index (κ1) is 12.9. The number of carbonyl (C=O) groups is 1. The number of hydrogen-bond acceptors (Lipinski definition) is 3. The summed E-state index contributed by atoms with van der Waals surface area (Å²) in [5.74, 6) is 0.227. The first-order chi connectivity index (χ1) is 9.74. The minimum atomic E-state index is -0.0996.